The summed E-state index contributed by atoms with van der Waals surface area (Å²) in [6.07, 6.45) is 2.20. The molecule has 1 fully saturated rings. The van der Waals surface area contributed by atoms with E-state index in [0.29, 0.717) is 37.5 Å². The number of thioether (sulfide) groups is 1. The van der Waals surface area contributed by atoms with Crippen molar-refractivity contribution in [2.75, 3.05) is 52.1 Å². The molecule has 0 bridgehead atoms. The molecule has 1 N–H and O–H groups in total. The lowest BCUT2D eigenvalue weighted by atomic mass is 10.2. The number of nitrogens with one attached hydrogen (secondary N) is 1. The van der Waals surface area contributed by atoms with Gasteiger partial charge in [-0.05, 0) is 12.1 Å². The molecule has 30 heavy (non-hydrogen) atoms. The largest absolute Gasteiger partial charge is 0.479 e. The summed E-state index contributed by atoms with van der Waals surface area (Å²) in [5.74, 6) is 1.16. The summed E-state index contributed by atoms with van der Waals surface area (Å²) in [5.41, 5.74) is 0.495. The highest BCUT2D eigenvalue weighted by Crippen LogP contribution is 2.19. The van der Waals surface area contributed by atoms with E-state index >= 15 is 0 Å². The molecule has 1 aromatic carbocycles. The first-order chi connectivity index (χ1) is 14.6. The van der Waals surface area contributed by atoms with Gasteiger partial charge < -0.3 is 15.0 Å². The Balaban J connectivity index is 1.32. The Labute approximate surface area is 181 Å². The lowest BCUT2D eigenvalue weighted by Crippen LogP contribution is -2.50. The van der Waals surface area contributed by atoms with Crippen LogP contribution in [0.15, 0.2) is 41.4 Å². The van der Waals surface area contributed by atoms with Gasteiger partial charge in [0.1, 0.15) is 5.56 Å². The molecule has 2 heterocycles. The van der Waals surface area contributed by atoms with Gasteiger partial charge in [0.05, 0.1) is 7.11 Å². The number of hydrogen-bond acceptors (Lipinski definition) is 6. The van der Waals surface area contributed by atoms with Crippen molar-refractivity contribution < 1.29 is 14.3 Å². The van der Waals surface area contributed by atoms with E-state index in [0.717, 1.165) is 25.4 Å². The van der Waals surface area contributed by atoms with Crippen molar-refractivity contribution in [2.45, 2.75) is 11.3 Å². The molecule has 162 valence electrons. The number of piperazine rings is 1. The Morgan fingerprint density at radius 2 is 1.90 bits per heavy atom. The molecule has 3 rings (SSSR count). The van der Waals surface area contributed by atoms with Crippen molar-refractivity contribution in [2.24, 2.45) is 7.05 Å². The van der Waals surface area contributed by atoms with Crippen molar-refractivity contribution in [3.05, 3.63) is 42.1 Å². The van der Waals surface area contributed by atoms with Crippen molar-refractivity contribution in [1.82, 2.24) is 24.9 Å². The van der Waals surface area contributed by atoms with Crippen LogP contribution in [0.3, 0.4) is 0 Å². The van der Waals surface area contributed by atoms with Crippen LogP contribution in [-0.2, 0) is 11.8 Å². The van der Waals surface area contributed by atoms with Gasteiger partial charge in [0, 0.05) is 69.6 Å². The van der Waals surface area contributed by atoms with Crippen molar-refractivity contribution in [3.63, 3.8) is 0 Å². The van der Waals surface area contributed by atoms with Gasteiger partial charge in [0.15, 0.2) is 0 Å². The average molecular weight is 432 g/mol. The molecule has 9 heteroatoms. The fourth-order valence-electron chi connectivity index (χ4n) is 3.33. The quantitative estimate of drug-likeness (QED) is 0.606. The van der Waals surface area contributed by atoms with Crippen LogP contribution < -0.4 is 10.1 Å². The number of nitrogens with zero attached hydrogens (tertiary/aromatic N) is 4. The second-order valence-corrected chi connectivity index (χ2v) is 8.29. The Bertz CT molecular complexity index is 834. The first-order valence-corrected chi connectivity index (χ1v) is 11.1. The molecule has 0 aliphatic carbocycles. The van der Waals surface area contributed by atoms with Gasteiger partial charge in [-0.1, -0.05) is 18.2 Å². The van der Waals surface area contributed by atoms with Crippen LogP contribution in [-0.4, -0.2) is 83.5 Å². The molecule has 8 nitrogen and oxygen atoms in total. The Kier molecular flexibility index (Phi) is 8.15. The maximum atomic E-state index is 12.7. The molecule has 0 saturated carbocycles. The van der Waals surface area contributed by atoms with Crippen LogP contribution in [0.2, 0.25) is 0 Å². The van der Waals surface area contributed by atoms with Gasteiger partial charge in [-0.15, -0.1) is 16.9 Å². The van der Waals surface area contributed by atoms with Crippen LogP contribution in [0.25, 0.3) is 0 Å². The van der Waals surface area contributed by atoms with Crippen molar-refractivity contribution in [1.29, 1.82) is 0 Å². The number of amides is 2. The van der Waals surface area contributed by atoms with Crippen molar-refractivity contribution >= 4 is 23.6 Å². The van der Waals surface area contributed by atoms with Crippen LogP contribution in [0.1, 0.15) is 16.8 Å². The average Bonchev–Trinajstić information content (AvgIpc) is 3.15. The topological polar surface area (TPSA) is 79.7 Å². The molecule has 1 aromatic heterocycles. The van der Waals surface area contributed by atoms with E-state index in [2.05, 4.69) is 27.4 Å². The van der Waals surface area contributed by atoms with Crippen LogP contribution >= 0.6 is 11.8 Å². The van der Waals surface area contributed by atoms with E-state index in [9.17, 15) is 9.59 Å². The van der Waals surface area contributed by atoms with Gasteiger partial charge in [0.25, 0.3) is 5.91 Å². The molecule has 0 spiro atoms. The highest BCUT2D eigenvalue weighted by atomic mass is 32.2. The predicted octanol–water partition coefficient (Wildman–Crippen LogP) is 1.49. The summed E-state index contributed by atoms with van der Waals surface area (Å²) in [6.45, 7) is 4.29. The number of ether oxygens (including phenoxy) is 1. The molecule has 0 atom stereocenters. The number of aromatic nitrogens is 2. The summed E-state index contributed by atoms with van der Waals surface area (Å²) >= 11 is 1.69. The number of rotatable bonds is 9. The first-order valence-electron chi connectivity index (χ1n) is 10.1. The summed E-state index contributed by atoms with van der Waals surface area (Å²) in [4.78, 5) is 30.0. The molecule has 1 aliphatic heterocycles. The zero-order valence-electron chi connectivity index (χ0n) is 17.5. The normalized spacial score (nSPS) is 14.5. The highest BCUT2D eigenvalue weighted by molar-refractivity contribution is 7.99. The van der Waals surface area contributed by atoms with Crippen LogP contribution in [0, 0.1) is 0 Å². The predicted molar refractivity (Wildman–Crippen MR) is 117 cm³/mol. The maximum Gasteiger partial charge on any atom is 0.261 e. The molecule has 2 amide bonds. The van der Waals surface area contributed by atoms with Crippen LogP contribution in [0.5, 0.6) is 5.88 Å². The fraction of sp³-hybridized carbons (Fsp3) is 0.476. The van der Waals surface area contributed by atoms with Gasteiger partial charge >= 0.3 is 0 Å². The standard InChI is InChI=1S/C21H29N5O3S/c1-24-16-18(20(23-24)29-2)21(28)26-13-11-25(12-14-26)10-9-22-19(27)8-15-30-17-6-4-3-5-7-17/h3-7,16H,8-15H2,1-2H3,(H,22,27). The summed E-state index contributed by atoms with van der Waals surface area (Å²) in [5, 5.41) is 7.14. The lowest BCUT2D eigenvalue weighted by molar-refractivity contribution is -0.120. The number of aryl methyl sites for hydroxylation is 1. The Hall–Kier alpha value is -2.52. The molecule has 1 aliphatic rings. The van der Waals surface area contributed by atoms with E-state index in [-0.39, 0.29) is 11.8 Å². The lowest BCUT2D eigenvalue weighted by Gasteiger charge is -2.34. The zero-order valence-corrected chi connectivity index (χ0v) is 18.4. The molecule has 0 unspecified atom stereocenters. The van der Waals surface area contributed by atoms with E-state index in [4.69, 9.17) is 4.74 Å². The second-order valence-electron chi connectivity index (χ2n) is 7.12. The van der Waals surface area contributed by atoms with E-state index in [1.54, 1.807) is 29.7 Å². The summed E-state index contributed by atoms with van der Waals surface area (Å²) < 4.78 is 6.78. The first kappa shape index (κ1) is 22.2. The fourth-order valence-corrected chi connectivity index (χ4v) is 4.20. The van der Waals surface area contributed by atoms with Gasteiger partial charge in [-0.3, -0.25) is 19.2 Å². The van der Waals surface area contributed by atoms with Gasteiger partial charge in [-0.2, -0.15) is 0 Å². The number of carbonyl (C=O) groups is 2. The molecule has 2 aromatic rings. The molecule has 1 saturated heterocycles. The van der Waals surface area contributed by atoms with E-state index in [1.807, 2.05) is 23.1 Å². The van der Waals surface area contributed by atoms with E-state index < -0.39 is 0 Å². The molecular formula is C21H29N5O3S. The molecule has 0 radical (unpaired) electrons. The number of benzene rings is 1. The minimum Gasteiger partial charge on any atom is -0.479 e. The number of hydrogen-bond donors (Lipinski definition) is 1. The van der Waals surface area contributed by atoms with E-state index in [1.165, 1.54) is 12.0 Å². The number of methoxy groups -OCH3 is 1. The Morgan fingerprint density at radius 1 is 1.17 bits per heavy atom. The van der Waals surface area contributed by atoms with Crippen LogP contribution in [0.4, 0.5) is 0 Å². The highest BCUT2D eigenvalue weighted by Gasteiger charge is 2.25. The minimum absolute atomic E-state index is 0.0520. The third-order valence-electron chi connectivity index (χ3n) is 4.97. The third kappa shape index (κ3) is 6.24. The monoisotopic (exact) mass is 431 g/mol. The minimum atomic E-state index is -0.0520. The maximum absolute atomic E-state index is 12.7. The van der Waals surface area contributed by atoms with Gasteiger partial charge in [-0.25, -0.2) is 0 Å². The smallest absolute Gasteiger partial charge is 0.261 e. The SMILES string of the molecule is COc1nn(C)cc1C(=O)N1CCN(CCNC(=O)CCSc2ccccc2)CC1. The zero-order chi connectivity index (χ0) is 21.3. The Morgan fingerprint density at radius 3 is 2.60 bits per heavy atom. The third-order valence-corrected chi connectivity index (χ3v) is 5.98. The van der Waals surface area contributed by atoms with Gasteiger partial charge in [0.2, 0.25) is 11.8 Å². The van der Waals surface area contributed by atoms with Crippen molar-refractivity contribution in [3.8, 4) is 5.88 Å². The number of carbonyl (C=O) groups excluding carboxylic acids is 2. The molecular weight excluding hydrogens is 402 g/mol. The summed E-state index contributed by atoms with van der Waals surface area (Å²) in [6, 6.07) is 10.1. The second kappa shape index (κ2) is 11.0. The summed E-state index contributed by atoms with van der Waals surface area (Å²) in [7, 11) is 3.29.